The van der Waals surface area contributed by atoms with E-state index in [1.54, 1.807) is 6.92 Å². The second kappa shape index (κ2) is 16.3. The normalized spacial score (nSPS) is 12.4. The first-order valence-corrected chi connectivity index (χ1v) is 21.5. The molecule has 25 heteroatoms. The zero-order chi connectivity index (χ0) is 42.8. The van der Waals surface area contributed by atoms with Gasteiger partial charge in [0.15, 0.2) is 11.6 Å². The van der Waals surface area contributed by atoms with Crippen molar-refractivity contribution < 1.29 is 56.6 Å². The molecule has 0 amide bonds. The van der Waals surface area contributed by atoms with Gasteiger partial charge in [-0.05, 0) is 92.2 Å². The van der Waals surface area contributed by atoms with E-state index in [-0.39, 0.29) is 61.8 Å². The number of methoxy groups -OCH3 is 1. The second-order valence-corrected chi connectivity index (χ2v) is 17.5. The van der Waals surface area contributed by atoms with Gasteiger partial charge in [-0.2, -0.15) is 44.0 Å². The molecule has 0 aliphatic rings. The van der Waals surface area contributed by atoms with Gasteiger partial charge in [0.2, 0.25) is 0 Å². The van der Waals surface area contributed by atoms with E-state index in [9.17, 15) is 57.1 Å². The molecule has 0 radical (unpaired) electrons. The van der Waals surface area contributed by atoms with Crippen molar-refractivity contribution in [1.29, 1.82) is 5.26 Å². The number of azo groups is 2. The maximum atomic E-state index is 11.9. The van der Waals surface area contributed by atoms with Crippen LogP contribution in [0.5, 0.6) is 5.75 Å². The molecule has 0 saturated heterocycles. The summed E-state index contributed by atoms with van der Waals surface area (Å²) >= 11 is 0. The lowest BCUT2D eigenvalue weighted by molar-refractivity contribution is 0.416. The van der Waals surface area contributed by atoms with E-state index in [1.165, 1.54) is 50.4 Å². The SMILES string of the molecule is COc1cc(/N=N/c2cc(S(=O)(=O)O)ccc2S(=O)(=O)O)c(C)cc1/N=N/c1c(Nc2ccc(S(=O)(=O)O)cc2)nc(Nc2ccc(S(=O)(=O)O)cc2)c(C#N)c1C. The third-order valence-corrected chi connectivity index (χ3v) is 11.4. The summed E-state index contributed by atoms with van der Waals surface area (Å²) in [7, 11) is -17.4. The van der Waals surface area contributed by atoms with Gasteiger partial charge in [0.25, 0.3) is 40.5 Å². The number of pyridine rings is 1. The molecule has 0 aliphatic heterocycles. The van der Waals surface area contributed by atoms with E-state index in [4.69, 9.17) is 4.74 Å². The maximum absolute atomic E-state index is 11.9. The minimum absolute atomic E-state index is 0.00241. The first kappa shape index (κ1) is 42.9. The molecular formula is C33H28N8O13S4. The molecule has 58 heavy (non-hydrogen) atoms. The number of nitrogens with zero attached hydrogens (tertiary/aromatic N) is 6. The van der Waals surface area contributed by atoms with Gasteiger partial charge in [-0.1, -0.05) is 0 Å². The van der Waals surface area contributed by atoms with Gasteiger partial charge in [-0.15, -0.1) is 15.3 Å². The van der Waals surface area contributed by atoms with Crippen molar-refractivity contribution in [3.63, 3.8) is 0 Å². The number of anilines is 4. The summed E-state index contributed by atoms with van der Waals surface area (Å²) in [6.07, 6.45) is 0. The standard InChI is InChI=1S/C33H28N8O13S4/c1-18-14-27(29(54-3)16-26(18)38-40-28-15-24(57(48,49)50)12-13-30(28)58(51,52)53)39-41-31-19(2)25(17-34)32(35-20-4-8-22(9-5-20)55(42,43)44)37-33(31)36-21-6-10-23(11-7-21)56(45,46)47/h4-16H,1-3H3,(H2,35,36,37)(H,42,43,44)(H,45,46,47)(H,48,49,50)(H,51,52,53)/b40-38+,41-39+. The Hall–Kier alpha value is -6.24. The topological polar surface area (TPSA) is 337 Å². The summed E-state index contributed by atoms with van der Waals surface area (Å²) < 4.78 is 137. The van der Waals surface area contributed by atoms with E-state index >= 15 is 0 Å². The number of aryl methyl sites for hydroxylation is 1. The molecule has 5 aromatic rings. The fraction of sp³-hybridized carbons (Fsp3) is 0.0909. The predicted molar refractivity (Wildman–Crippen MR) is 205 cm³/mol. The summed E-state index contributed by atoms with van der Waals surface area (Å²) in [4.78, 5) is 2.23. The van der Waals surface area contributed by atoms with Crippen LogP contribution in [0.2, 0.25) is 0 Å². The van der Waals surface area contributed by atoms with Crippen molar-refractivity contribution in [2.75, 3.05) is 17.7 Å². The molecule has 6 N–H and O–H groups in total. The Labute approximate surface area is 330 Å². The van der Waals surface area contributed by atoms with Crippen LogP contribution in [0.4, 0.5) is 45.8 Å². The Morgan fingerprint density at radius 3 is 1.57 bits per heavy atom. The van der Waals surface area contributed by atoms with Gasteiger partial charge in [0, 0.05) is 23.0 Å². The van der Waals surface area contributed by atoms with Crippen LogP contribution in [0, 0.1) is 25.2 Å². The third kappa shape index (κ3) is 10.0. The molecule has 302 valence electrons. The van der Waals surface area contributed by atoms with Crippen LogP contribution in [-0.4, -0.2) is 64.0 Å². The van der Waals surface area contributed by atoms with Gasteiger partial charge < -0.3 is 15.4 Å². The fourth-order valence-electron chi connectivity index (χ4n) is 5.00. The smallest absolute Gasteiger partial charge is 0.296 e. The molecule has 1 heterocycles. The van der Waals surface area contributed by atoms with Crippen molar-refractivity contribution >= 4 is 86.2 Å². The molecule has 0 spiro atoms. The zero-order valence-electron chi connectivity index (χ0n) is 29.8. The molecule has 21 nitrogen and oxygen atoms in total. The van der Waals surface area contributed by atoms with Gasteiger partial charge in [0.05, 0.1) is 33.0 Å². The molecule has 1 aromatic heterocycles. The quantitative estimate of drug-likeness (QED) is 0.0518. The average Bonchev–Trinajstić information content (AvgIpc) is 3.13. The van der Waals surface area contributed by atoms with Gasteiger partial charge in [0.1, 0.15) is 33.8 Å². The number of benzene rings is 4. The first-order valence-electron chi connectivity index (χ1n) is 15.7. The summed E-state index contributed by atoms with van der Waals surface area (Å²) in [6, 6.07) is 16.7. The minimum Gasteiger partial charge on any atom is -0.494 e. The summed E-state index contributed by atoms with van der Waals surface area (Å²) in [5.41, 5.74) is 0.613. The number of nitriles is 1. The number of rotatable bonds is 13. The number of hydrogen-bond donors (Lipinski definition) is 6. The van der Waals surface area contributed by atoms with Crippen LogP contribution in [0.3, 0.4) is 0 Å². The highest BCUT2D eigenvalue weighted by molar-refractivity contribution is 7.86. The lowest BCUT2D eigenvalue weighted by Gasteiger charge is -2.16. The minimum atomic E-state index is -4.91. The summed E-state index contributed by atoms with van der Waals surface area (Å²) in [5, 5.41) is 32.5. The van der Waals surface area contributed by atoms with Crippen molar-refractivity contribution in [1.82, 2.24) is 4.98 Å². The van der Waals surface area contributed by atoms with Gasteiger partial charge in [-0.3, -0.25) is 18.2 Å². The highest BCUT2D eigenvalue weighted by Crippen LogP contribution is 2.41. The molecule has 5 rings (SSSR count). The third-order valence-electron chi connectivity index (χ3n) is 7.88. The van der Waals surface area contributed by atoms with Crippen LogP contribution in [-0.2, 0) is 40.5 Å². The van der Waals surface area contributed by atoms with Crippen LogP contribution in [0.15, 0.2) is 119 Å². The molecule has 0 atom stereocenters. The van der Waals surface area contributed by atoms with Crippen LogP contribution < -0.4 is 15.4 Å². The van der Waals surface area contributed by atoms with E-state index < -0.39 is 60.8 Å². The highest BCUT2D eigenvalue weighted by atomic mass is 32.2. The number of ether oxygens (including phenoxy) is 1. The van der Waals surface area contributed by atoms with Crippen molar-refractivity contribution in [3.8, 4) is 11.8 Å². The Morgan fingerprint density at radius 2 is 1.09 bits per heavy atom. The Morgan fingerprint density at radius 1 is 0.603 bits per heavy atom. The number of hydrogen-bond acceptors (Lipinski definition) is 17. The monoisotopic (exact) mass is 872 g/mol. The Balaban J connectivity index is 1.59. The van der Waals surface area contributed by atoms with E-state index in [1.807, 2.05) is 6.07 Å². The Bertz CT molecular complexity index is 3010. The van der Waals surface area contributed by atoms with Crippen molar-refractivity contribution in [2.24, 2.45) is 20.5 Å². The van der Waals surface area contributed by atoms with E-state index in [2.05, 4.69) is 36.1 Å². The lowest BCUT2D eigenvalue weighted by atomic mass is 10.1. The Kier molecular flexibility index (Phi) is 12.1. The second-order valence-electron chi connectivity index (χ2n) is 11.8. The van der Waals surface area contributed by atoms with Crippen molar-refractivity contribution in [3.05, 3.63) is 95.6 Å². The summed E-state index contributed by atoms with van der Waals surface area (Å²) in [6.45, 7) is 3.08. The number of nitrogens with one attached hydrogen (secondary N) is 2. The molecule has 0 bridgehead atoms. The van der Waals surface area contributed by atoms with Gasteiger partial charge in [-0.25, -0.2) is 4.98 Å². The van der Waals surface area contributed by atoms with Crippen LogP contribution in [0.1, 0.15) is 16.7 Å². The predicted octanol–water partition coefficient (Wildman–Crippen LogP) is 6.88. The molecule has 0 fully saturated rings. The summed E-state index contributed by atoms with van der Waals surface area (Å²) in [5.74, 6) is -0.0177. The van der Waals surface area contributed by atoms with Crippen LogP contribution >= 0.6 is 0 Å². The largest absolute Gasteiger partial charge is 0.494 e. The molecular weight excluding hydrogens is 845 g/mol. The molecule has 0 saturated carbocycles. The van der Waals surface area contributed by atoms with E-state index in [0.29, 0.717) is 11.6 Å². The van der Waals surface area contributed by atoms with Gasteiger partial charge >= 0.3 is 0 Å². The average molecular weight is 873 g/mol. The lowest BCUT2D eigenvalue weighted by Crippen LogP contribution is -2.05. The van der Waals surface area contributed by atoms with E-state index in [0.717, 1.165) is 36.4 Å². The van der Waals surface area contributed by atoms with Crippen molar-refractivity contribution in [2.45, 2.75) is 33.4 Å². The molecule has 0 unspecified atom stereocenters. The molecule has 4 aromatic carbocycles. The fourth-order valence-corrected chi connectivity index (χ4v) is 7.07. The molecule has 0 aliphatic carbocycles. The number of aromatic nitrogens is 1. The van der Waals surface area contributed by atoms with Crippen LogP contribution in [0.25, 0.3) is 0 Å². The highest BCUT2D eigenvalue weighted by Gasteiger charge is 2.22. The maximum Gasteiger partial charge on any atom is 0.296 e. The zero-order valence-corrected chi connectivity index (χ0v) is 33.1. The first-order chi connectivity index (χ1) is 27.0.